The fourth-order valence-electron chi connectivity index (χ4n) is 1.49. The Balaban J connectivity index is 2.24. The largest absolute Gasteiger partial charge is 0.380 e. The van der Waals surface area contributed by atoms with Crippen LogP contribution in [-0.4, -0.2) is 26.0 Å². The minimum absolute atomic E-state index is 0.624. The molecular formula is C14H23NOS. The Morgan fingerprint density at radius 3 is 2.88 bits per heavy atom. The van der Waals surface area contributed by atoms with Gasteiger partial charge < -0.3 is 10.1 Å². The van der Waals surface area contributed by atoms with Gasteiger partial charge in [-0.25, -0.2) is 0 Å². The lowest BCUT2D eigenvalue weighted by Gasteiger charge is -2.07. The minimum atomic E-state index is 0.624. The van der Waals surface area contributed by atoms with Crippen molar-refractivity contribution in [2.45, 2.75) is 25.3 Å². The van der Waals surface area contributed by atoms with Crippen molar-refractivity contribution < 1.29 is 4.74 Å². The van der Waals surface area contributed by atoms with Crippen LogP contribution in [0.3, 0.4) is 0 Å². The lowest BCUT2D eigenvalue weighted by atomic mass is 10.2. The summed E-state index contributed by atoms with van der Waals surface area (Å²) in [5.41, 5.74) is 1.33. The molecule has 1 aromatic carbocycles. The predicted molar refractivity (Wildman–Crippen MR) is 75.6 cm³/mol. The van der Waals surface area contributed by atoms with Gasteiger partial charge in [-0.05, 0) is 30.7 Å². The lowest BCUT2D eigenvalue weighted by molar-refractivity contribution is 0.124. The Bertz CT molecular complexity index is 315. The molecule has 0 atom stereocenters. The van der Waals surface area contributed by atoms with Gasteiger partial charge in [0.15, 0.2) is 0 Å². The van der Waals surface area contributed by atoms with Crippen LogP contribution in [0.4, 0.5) is 0 Å². The monoisotopic (exact) mass is 253 g/mol. The molecule has 1 rings (SSSR count). The summed E-state index contributed by atoms with van der Waals surface area (Å²) in [4.78, 5) is 1.32. The summed E-state index contributed by atoms with van der Waals surface area (Å²) in [7, 11) is 1.97. The fraction of sp³-hybridized carbons (Fsp3) is 0.571. The van der Waals surface area contributed by atoms with E-state index in [0.717, 1.165) is 25.5 Å². The zero-order chi connectivity index (χ0) is 12.5. The van der Waals surface area contributed by atoms with Gasteiger partial charge in [-0.3, -0.25) is 0 Å². The van der Waals surface area contributed by atoms with Crippen molar-refractivity contribution in [2.24, 2.45) is 5.92 Å². The first-order valence-corrected chi connectivity index (χ1v) is 7.15. The van der Waals surface area contributed by atoms with Gasteiger partial charge in [-0.1, -0.05) is 26.0 Å². The normalized spacial score (nSPS) is 11.1. The Morgan fingerprint density at radius 1 is 1.35 bits per heavy atom. The van der Waals surface area contributed by atoms with Crippen molar-refractivity contribution in [2.75, 3.05) is 26.0 Å². The smallest absolute Gasteiger partial charge is 0.0560 e. The number of rotatable bonds is 8. The maximum Gasteiger partial charge on any atom is 0.0560 e. The Hall–Kier alpha value is -0.510. The van der Waals surface area contributed by atoms with Gasteiger partial charge in [-0.15, -0.1) is 11.8 Å². The number of thioether (sulfide) groups is 1. The molecule has 0 saturated carbocycles. The maximum absolute atomic E-state index is 5.56. The van der Waals surface area contributed by atoms with Gasteiger partial charge in [0.05, 0.1) is 6.61 Å². The molecule has 1 N–H and O–H groups in total. The van der Waals surface area contributed by atoms with Crippen LogP contribution < -0.4 is 5.32 Å². The molecule has 3 heteroatoms. The van der Waals surface area contributed by atoms with Gasteiger partial charge in [0.2, 0.25) is 0 Å². The minimum Gasteiger partial charge on any atom is -0.380 e. The summed E-state index contributed by atoms with van der Waals surface area (Å²) < 4.78 is 5.56. The molecule has 17 heavy (non-hydrogen) atoms. The fourth-order valence-corrected chi connectivity index (χ4v) is 2.33. The summed E-state index contributed by atoms with van der Waals surface area (Å²) in [5, 5.41) is 3.17. The first-order chi connectivity index (χ1) is 8.22. The van der Waals surface area contributed by atoms with Gasteiger partial charge in [-0.2, -0.15) is 0 Å². The van der Waals surface area contributed by atoms with Gasteiger partial charge in [0.1, 0.15) is 0 Å². The Labute approximate surface area is 109 Å². The molecule has 0 aliphatic carbocycles. The van der Waals surface area contributed by atoms with E-state index in [4.69, 9.17) is 4.74 Å². The molecule has 96 valence electrons. The molecule has 0 bridgehead atoms. The molecule has 0 amide bonds. The molecule has 0 fully saturated rings. The summed E-state index contributed by atoms with van der Waals surface area (Å²) in [6.07, 6.45) is 0. The second kappa shape index (κ2) is 8.56. The van der Waals surface area contributed by atoms with Crippen molar-refractivity contribution in [3.05, 3.63) is 29.8 Å². The van der Waals surface area contributed by atoms with E-state index in [1.165, 1.54) is 10.5 Å². The second-order valence-electron chi connectivity index (χ2n) is 4.49. The van der Waals surface area contributed by atoms with Crippen molar-refractivity contribution in [1.29, 1.82) is 0 Å². The van der Waals surface area contributed by atoms with E-state index in [-0.39, 0.29) is 0 Å². The molecule has 0 saturated heterocycles. The van der Waals surface area contributed by atoms with Gasteiger partial charge in [0.25, 0.3) is 0 Å². The van der Waals surface area contributed by atoms with E-state index in [1.54, 1.807) is 0 Å². The van der Waals surface area contributed by atoms with Crippen molar-refractivity contribution in [3.63, 3.8) is 0 Å². The molecule has 1 aromatic rings. The van der Waals surface area contributed by atoms with Crippen LogP contribution in [0.25, 0.3) is 0 Å². The standard InChI is InChI=1S/C14H23NOS/c1-12(2)11-16-7-8-17-14-6-4-5-13(9-14)10-15-3/h4-6,9,12,15H,7-8,10-11H2,1-3H3. The van der Waals surface area contributed by atoms with E-state index in [9.17, 15) is 0 Å². The zero-order valence-corrected chi connectivity index (χ0v) is 11.8. The third-order valence-electron chi connectivity index (χ3n) is 2.23. The van der Waals surface area contributed by atoms with E-state index in [1.807, 2.05) is 18.8 Å². The lowest BCUT2D eigenvalue weighted by Crippen LogP contribution is -2.05. The van der Waals surface area contributed by atoms with Crippen LogP contribution in [0.15, 0.2) is 29.2 Å². The molecular weight excluding hydrogens is 230 g/mol. The first-order valence-electron chi connectivity index (χ1n) is 6.16. The van der Waals surface area contributed by atoms with Crippen LogP contribution in [0.2, 0.25) is 0 Å². The molecule has 0 aliphatic rings. The van der Waals surface area contributed by atoms with E-state index in [2.05, 4.69) is 43.4 Å². The highest BCUT2D eigenvalue weighted by Crippen LogP contribution is 2.18. The van der Waals surface area contributed by atoms with E-state index < -0.39 is 0 Å². The molecule has 0 aliphatic heterocycles. The third-order valence-corrected chi connectivity index (χ3v) is 3.18. The van der Waals surface area contributed by atoms with Gasteiger partial charge in [0, 0.05) is 23.8 Å². The average Bonchev–Trinajstić information content (AvgIpc) is 2.29. The topological polar surface area (TPSA) is 21.3 Å². The maximum atomic E-state index is 5.56. The Kier molecular flexibility index (Phi) is 7.33. The predicted octanol–water partition coefficient (Wildman–Crippen LogP) is 3.17. The molecule has 2 nitrogen and oxygen atoms in total. The Morgan fingerprint density at radius 2 is 2.18 bits per heavy atom. The molecule has 0 spiro atoms. The SMILES string of the molecule is CNCc1cccc(SCCOCC(C)C)c1. The number of hydrogen-bond donors (Lipinski definition) is 1. The molecule has 0 unspecified atom stereocenters. The number of nitrogens with one attached hydrogen (secondary N) is 1. The summed E-state index contributed by atoms with van der Waals surface area (Å²) in [6.45, 7) is 6.97. The highest BCUT2D eigenvalue weighted by atomic mass is 32.2. The number of hydrogen-bond acceptors (Lipinski definition) is 3. The van der Waals surface area contributed by atoms with Gasteiger partial charge >= 0.3 is 0 Å². The molecule has 0 heterocycles. The molecule has 0 radical (unpaired) electrons. The van der Waals surface area contributed by atoms with Crippen LogP contribution in [-0.2, 0) is 11.3 Å². The van der Waals surface area contributed by atoms with Crippen LogP contribution in [0.1, 0.15) is 19.4 Å². The number of ether oxygens (including phenoxy) is 1. The van der Waals surface area contributed by atoms with E-state index >= 15 is 0 Å². The first kappa shape index (κ1) is 14.6. The average molecular weight is 253 g/mol. The molecule has 0 aromatic heterocycles. The van der Waals surface area contributed by atoms with Crippen LogP contribution in [0.5, 0.6) is 0 Å². The van der Waals surface area contributed by atoms with Crippen LogP contribution >= 0.6 is 11.8 Å². The third kappa shape index (κ3) is 6.71. The summed E-state index contributed by atoms with van der Waals surface area (Å²) in [6, 6.07) is 8.66. The second-order valence-corrected chi connectivity index (χ2v) is 5.66. The zero-order valence-electron chi connectivity index (χ0n) is 11.0. The number of benzene rings is 1. The quantitative estimate of drug-likeness (QED) is 0.568. The van der Waals surface area contributed by atoms with Crippen molar-refractivity contribution in [3.8, 4) is 0 Å². The summed E-state index contributed by atoms with van der Waals surface area (Å²) >= 11 is 1.86. The highest BCUT2D eigenvalue weighted by molar-refractivity contribution is 7.99. The van der Waals surface area contributed by atoms with E-state index in [0.29, 0.717) is 5.92 Å². The highest BCUT2D eigenvalue weighted by Gasteiger charge is 1.98. The summed E-state index contributed by atoms with van der Waals surface area (Å²) in [5.74, 6) is 1.65. The van der Waals surface area contributed by atoms with Crippen LogP contribution in [0, 0.1) is 5.92 Å². The van der Waals surface area contributed by atoms with Crippen molar-refractivity contribution >= 4 is 11.8 Å². The van der Waals surface area contributed by atoms with Crippen molar-refractivity contribution in [1.82, 2.24) is 5.32 Å².